The van der Waals surface area contributed by atoms with Gasteiger partial charge in [-0.3, -0.25) is 19.7 Å². The van der Waals surface area contributed by atoms with Crippen molar-refractivity contribution in [1.82, 2.24) is 4.90 Å². The van der Waals surface area contributed by atoms with Crippen molar-refractivity contribution >= 4 is 29.0 Å². The predicted molar refractivity (Wildman–Crippen MR) is 92.6 cm³/mol. The molecule has 9 nitrogen and oxygen atoms in total. The Kier molecular flexibility index (Phi) is 7.08. The zero-order chi connectivity index (χ0) is 22.5. The molecule has 162 valence electrons. The van der Waals surface area contributed by atoms with Gasteiger partial charge in [-0.25, -0.2) is 4.79 Å². The second-order valence-electron chi connectivity index (χ2n) is 6.15. The fraction of sp³-hybridized carbons (Fsp3) is 0.353. The highest BCUT2D eigenvalue weighted by Gasteiger charge is 2.37. The fourth-order valence-corrected chi connectivity index (χ4v) is 2.64. The number of esters is 1. The minimum absolute atomic E-state index is 0.0970. The first-order valence-corrected chi connectivity index (χ1v) is 8.44. The topological polar surface area (TPSA) is 119 Å². The van der Waals surface area contributed by atoms with Crippen LogP contribution in [0.1, 0.15) is 12.8 Å². The van der Waals surface area contributed by atoms with E-state index in [1.807, 2.05) is 0 Å². The van der Waals surface area contributed by atoms with Crippen LogP contribution < -0.4 is 5.32 Å². The van der Waals surface area contributed by atoms with Crippen LogP contribution in [0.2, 0.25) is 0 Å². The van der Waals surface area contributed by atoms with Crippen LogP contribution >= 0.6 is 0 Å². The van der Waals surface area contributed by atoms with Crippen LogP contribution in [-0.2, 0) is 19.1 Å². The van der Waals surface area contributed by atoms with Gasteiger partial charge in [0.2, 0.25) is 5.82 Å². The number of ketones is 1. The molecule has 1 saturated heterocycles. The van der Waals surface area contributed by atoms with Gasteiger partial charge >= 0.3 is 17.8 Å². The van der Waals surface area contributed by atoms with E-state index in [4.69, 9.17) is 4.74 Å². The summed E-state index contributed by atoms with van der Waals surface area (Å²) in [5.74, 6) is -4.93. The van der Waals surface area contributed by atoms with E-state index >= 15 is 0 Å². The van der Waals surface area contributed by atoms with Crippen LogP contribution in [-0.4, -0.2) is 52.9 Å². The first-order chi connectivity index (χ1) is 14.0. The van der Waals surface area contributed by atoms with Gasteiger partial charge in [-0.15, -0.1) is 0 Å². The van der Waals surface area contributed by atoms with Crippen LogP contribution in [0.25, 0.3) is 0 Å². The summed E-state index contributed by atoms with van der Waals surface area (Å²) in [6.45, 7) is -0.563. The van der Waals surface area contributed by atoms with Crippen molar-refractivity contribution in [3.63, 3.8) is 0 Å². The number of benzene rings is 1. The maximum atomic E-state index is 13.3. The molecule has 1 aliphatic heterocycles. The van der Waals surface area contributed by atoms with E-state index in [1.54, 1.807) is 0 Å². The Morgan fingerprint density at radius 1 is 1.33 bits per heavy atom. The minimum Gasteiger partial charge on any atom is -0.454 e. The summed E-state index contributed by atoms with van der Waals surface area (Å²) in [5.41, 5.74) is -0.952. The van der Waals surface area contributed by atoms with Crippen LogP contribution in [0.15, 0.2) is 30.5 Å². The lowest BCUT2D eigenvalue weighted by molar-refractivity contribution is -0.387. The van der Waals surface area contributed by atoms with Crippen LogP contribution in [0.5, 0.6) is 0 Å². The second-order valence-corrected chi connectivity index (χ2v) is 6.15. The molecule has 0 aromatic heterocycles. The molecular formula is C17H15F4N3O6. The number of anilines is 1. The van der Waals surface area contributed by atoms with Gasteiger partial charge in [0.1, 0.15) is 6.04 Å². The van der Waals surface area contributed by atoms with E-state index < -0.39 is 52.9 Å². The number of nitrogens with zero attached hydrogens (tertiary/aromatic N) is 2. The summed E-state index contributed by atoms with van der Waals surface area (Å²) in [7, 11) is 0. The molecular weight excluding hydrogens is 418 g/mol. The highest BCUT2D eigenvalue weighted by atomic mass is 19.4. The van der Waals surface area contributed by atoms with E-state index in [9.17, 15) is 42.1 Å². The number of alkyl halides is 3. The monoisotopic (exact) mass is 433 g/mol. The van der Waals surface area contributed by atoms with Crippen LogP contribution in [0.3, 0.4) is 0 Å². The van der Waals surface area contributed by atoms with Crippen molar-refractivity contribution in [2.24, 2.45) is 0 Å². The quantitative estimate of drug-likeness (QED) is 0.230. The number of ether oxygens (including phenoxy) is 1. The molecule has 0 saturated carbocycles. The van der Waals surface area contributed by atoms with Crippen molar-refractivity contribution < 1.29 is 41.6 Å². The molecule has 1 aliphatic rings. The molecule has 1 fully saturated rings. The number of hydrogen-bond acceptors (Lipinski definition) is 7. The predicted octanol–water partition coefficient (Wildman–Crippen LogP) is 2.33. The third kappa shape index (κ3) is 5.99. The maximum absolute atomic E-state index is 13.3. The Morgan fingerprint density at radius 2 is 2.03 bits per heavy atom. The smallest absolute Gasteiger partial charge is 0.454 e. The summed E-state index contributed by atoms with van der Waals surface area (Å²) in [5, 5.41) is 12.9. The van der Waals surface area contributed by atoms with Crippen molar-refractivity contribution in [2.75, 3.05) is 18.5 Å². The van der Waals surface area contributed by atoms with Crippen LogP contribution in [0.4, 0.5) is 28.9 Å². The number of halogens is 4. The molecule has 0 spiro atoms. The number of hydrogen-bond donors (Lipinski definition) is 1. The number of carbonyl (C=O) groups excluding carboxylic acids is 3. The van der Waals surface area contributed by atoms with Gasteiger partial charge in [-0.1, -0.05) is 0 Å². The van der Waals surface area contributed by atoms with Gasteiger partial charge in [0, 0.05) is 30.6 Å². The van der Waals surface area contributed by atoms with E-state index in [-0.39, 0.29) is 18.7 Å². The van der Waals surface area contributed by atoms with Gasteiger partial charge in [0.15, 0.2) is 6.61 Å². The molecule has 1 N–H and O–H groups in total. The molecule has 30 heavy (non-hydrogen) atoms. The molecule has 1 heterocycles. The van der Waals surface area contributed by atoms with Gasteiger partial charge in [-0.2, -0.15) is 17.6 Å². The van der Waals surface area contributed by atoms with Gasteiger partial charge in [0.25, 0.3) is 11.7 Å². The molecule has 1 amide bonds. The molecule has 0 bridgehead atoms. The summed E-state index contributed by atoms with van der Waals surface area (Å²) >= 11 is 0. The van der Waals surface area contributed by atoms with Crippen molar-refractivity contribution in [3.05, 3.63) is 46.4 Å². The first-order valence-electron chi connectivity index (χ1n) is 8.44. The van der Waals surface area contributed by atoms with E-state index in [1.165, 1.54) is 4.90 Å². The average molecular weight is 433 g/mol. The lowest BCUT2D eigenvalue weighted by Crippen LogP contribution is -2.35. The highest BCUT2D eigenvalue weighted by molar-refractivity contribution is 5.94. The lowest BCUT2D eigenvalue weighted by Gasteiger charge is -2.21. The Labute approximate surface area is 166 Å². The first kappa shape index (κ1) is 22.8. The molecule has 1 aromatic rings. The number of likely N-dealkylation sites (tertiary alicyclic amines) is 1. The number of amides is 1. The van der Waals surface area contributed by atoms with E-state index in [0.29, 0.717) is 12.5 Å². The van der Waals surface area contributed by atoms with E-state index in [2.05, 4.69) is 5.32 Å². The molecule has 0 unspecified atom stereocenters. The van der Waals surface area contributed by atoms with Gasteiger partial charge in [0.05, 0.1) is 4.92 Å². The normalized spacial score (nSPS) is 16.5. The van der Waals surface area contributed by atoms with Crippen molar-refractivity contribution in [2.45, 2.75) is 25.1 Å². The molecule has 2 rings (SSSR count). The number of allylic oxidation sites excluding steroid dienone is 1. The summed E-state index contributed by atoms with van der Waals surface area (Å²) in [6.07, 6.45) is -3.17. The number of rotatable bonds is 7. The number of nitro benzene ring substituents is 1. The number of carbonyl (C=O) groups is 3. The number of nitrogens with one attached hydrogen (secondary N) is 1. The van der Waals surface area contributed by atoms with Gasteiger partial charge in [-0.05, 0) is 25.0 Å². The Bertz CT molecular complexity index is 887. The fourth-order valence-electron chi connectivity index (χ4n) is 2.64. The van der Waals surface area contributed by atoms with Crippen molar-refractivity contribution in [1.29, 1.82) is 0 Å². The highest BCUT2D eigenvalue weighted by Crippen LogP contribution is 2.22. The third-order valence-electron chi connectivity index (χ3n) is 4.04. The maximum Gasteiger partial charge on any atom is 0.454 e. The Hall–Kier alpha value is -3.51. The minimum atomic E-state index is -5.03. The van der Waals surface area contributed by atoms with Gasteiger partial charge < -0.3 is 15.0 Å². The SMILES string of the molecule is O=C(COC(=O)[C@@H]1CCCN1/C=C/C(=O)C(F)(F)F)Nc1ccc(F)c([N+](=O)[O-])c1. The average Bonchev–Trinajstić information content (AvgIpc) is 3.13. The van der Waals surface area contributed by atoms with Crippen molar-refractivity contribution in [3.8, 4) is 0 Å². The summed E-state index contributed by atoms with van der Waals surface area (Å²) < 4.78 is 54.8. The Balaban J connectivity index is 1.91. The Morgan fingerprint density at radius 3 is 2.67 bits per heavy atom. The molecule has 1 aromatic carbocycles. The van der Waals surface area contributed by atoms with E-state index in [0.717, 1.165) is 24.4 Å². The summed E-state index contributed by atoms with van der Waals surface area (Å²) in [4.78, 5) is 45.8. The molecule has 0 aliphatic carbocycles. The van der Waals surface area contributed by atoms with Crippen LogP contribution in [0, 0.1) is 15.9 Å². The second kappa shape index (κ2) is 9.33. The molecule has 1 atom stereocenters. The molecule has 13 heteroatoms. The summed E-state index contributed by atoms with van der Waals surface area (Å²) in [6, 6.07) is 1.67. The standard InChI is InChI=1S/C17H15F4N3O6/c18-11-4-3-10(8-13(11)24(28)29)22-15(26)9-30-16(27)12-2-1-6-23(12)7-5-14(25)17(19,20)21/h3-5,7-8,12H,1-2,6,9H2,(H,22,26)/b7-5+/t12-/m0/s1. The third-order valence-corrected chi connectivity index (χ3v) is 4.04. The largest absolute Gasteiger partial charge is 0.454 e. The zero-order valence-electron chi connectivity index (χ0n) is 15.1. The lowest BCUT2D eigenvalue weighted by atomic mass is 10.2. The number of nitro groups is 1. The molecule has 0 radical (unpaired) electrons. The zero-order valence-corrected chi connectivity index (χ0v) is 15.1.